The minimum Gasteiger partial charge on any atom is -0.455 e. The van der Waals surface area contributed by atoms with Crippen molar-refractivity contribution in [1.82, 2.24) is 10.2 Å². The van der Waals surface area contributed by atoms with Gasteiger partial charge in [0.25, 0.3) is 5.91 Å². The molecule has 27 heavy (non-hydrogen) atoms. The average molecular weight is 396 g/mol. The molecule has 0 spiro atoms. The number of carbonyl (C=O) groups is 3. The van der Waals surface area contributed by atoms with E-state index in [0.717, 1.165) is 25.7 Å². The third kappa shape index (κ3) is 6.75. The van der Waals surface area contributed by atoms with E-state index in [0.29, 0.717) is 10.6 Å². The smallest absolute Gasteiger partial charge is 0.312 e. The van der Waals surface area contributed by atoms with E-state index in [2.05, 4.69) is 5.32 Å². The molecule has 0 aliphatic heterocycles. The normalized spacial score (nSPS) is 15.6. The molecular formula is C19H26ClN3O4. The summed E-state index contributed by atoms with van der Waals surface area (Å²) in [5.74, 6) is -0.810. The highest BCUT2D eigenvalue weighted by Gasteiger charge is 2.24. The topological polar surface area (TPSA) is 102 Å². The first-order valence-electron chi connectivity index (χ1n) is 9.09. The molecule has 1 aromatic rings. The first-order valence-corrected chi connectivity index (χ1v) is 9.47. The highest BCUT2D eigenvalue weighted by atomic mass is 35.5. The summed E-state index contributed by atoms with van der Waals surface area (Å²) in [6.45, 7) is -0.310. The van der Waals surface area contributed by atoms with Gasteiger partial charge in [0.1, 0.15) is 0 Å². The fourth-order valence-electron chi connectivity index (χ4n) is 3.26. The third-order valence-corrected chi connectivity index (χ3v) is 5.08. The van der Waals surface area contributed by atoms with Crippen LogP contribution in [0.2, 0.25) is 5.02 Å². The van der Waals surface area contributed by atoms with Crippen LogP contribution in [0.5, 0.6) is 0 Å². The number of rotatable bonds is 7. The summed E-state index contributed by atoms with van der Waals surface area (Å²) in [4.78, 5) is 37.3. The van der Waals surface area contributed by atoms with Crippen LogP contribution in [0.25, 0.3) is 0 Å². The Morgan fingerprint density at radius 1 is 1.22 bits per heavy atom. The van der Waals surface area contributed by atoms with Gasteiger partial charge in [-0.2, -0.15) is 0 Å². The van der Waals surface area contributed by atoms with Gasteiger partial charge in [0.2, 0.25) is 0 Å². The molecule has 3 amide bonds. The molecule has 3 N–H and O–H groups in total. The Labute approximate surface area is 164 Å². The van der Waals surface area contributed by atoms with E-state index in [9.17, 15) is 14.4 Å². The molecule has 0 aromatic heterocycles. The molecule has 1 atom stereocenters. The number of nitrogens with one attached hydrogen (secondary N) is 1. The highest BCUT2D eigenvalue weighted by molar-refractivity contribution is 6.30. The molecule has 1 aliphatic rings. The maximum absolute atomic E-state index is 12.3. The van der Waals surface area contributed by atoms with Gasteiger partial charge in [-0.05, 0) is 30.5 Å². The monoisotopic (exact) mass is 395 g/mol. The lowest BCUT2D eigenvalue weighted by atomic mass is 9.94. The van der Waals surface area contributed by atoms with E-state index < -0.39 is 18.0 Å². The number of benzene rings is 1. The number of hydrogen-bond donors (Lipinski definition) is 2. The third-order valence-electron chi connectivity index (χ3n) is 4.83. The van der Waals surface area contributed by atoms with E-state index in [4.69, 9.17) is 22.1 Å². The molecule has 0 heterocycles. The number of amides is 3. The van der Waals surface area contributed by atoms with E-state index in [1.54, 1.807) is 36.2 Å². The van der Waals surface area contributed by atoms with Crippen LogP contribution in [0.1, 0.15) is 50.1 Å². The number of primary amides is 1. The van der Waals surface area contributed by atoms with Gasteiger partial charge in [-0.1, -0.05) is 43.0 Å². The zero-order valence-corrected chi connectivity index (χ0v) is 16.2. The molecule has 2 rings (SSSR count). The molecule has 1 saturated carbocycles. The zero-order chi connectivity index (χ0) is 19.8. The fourth-order valence-corrected chi connectivity index (χ4v) is 3.39. The van der Waals surface area contributed by atoms with Gasteiger partial charge in [0.15, 0.2) is 6.61 Å². The van der Waals surface area contributed by atoms with Gasteiger partial charge in [-0.15, -0.1) is 0 Å². The first kappa shape index (κ1) is 21.0. The van der Waals surface area contributed by atoms with Gasteiger partial charge in [-0.25, -0.2) is 4.79 Å². The van der Waals surface area contributed by atoms with Crippen molar-refractivity contribution in [1.29, 1.82) is 0 Å². The minimum atomic E-state index is -0.754. The number of hydrogen-bond acceptors (Lipinski definition) is 4. The summed E-state index contributed by atoms with van der Waals surface area (Å²) < 4.78 is 5.12. The van der Waals surface area contributed by atoms with Crippen molar-refractivity contribution in [3.05, 3.63) is 34.9 Å². The summed E-state index contributed by atoms with van der Waals surface area (Å²) in [5.41, 5.74) is 5.86. The van der Waals surface area contributed by atoms with Crippen LogP contribution in [-0.4, -0.2) is 42.5 Å². The van der Waals surface area contributed by atoms with Crippen LogP contribution < -0.4 is 11.1 Å². The number of nitrogens with zero attached hydrogens (tertiary/aromatic N) is 1. The Bertz CT molecular complexity index is 659. The molecule has 0 radical (unpaired) electrons. The lowest BCUT2D eigenvalue weighted by Crippen LogP contribution is -2.41. The predicted octanol–water partition coefficient (Wildman–Crippen LogP) is 2.77. The van der Waals surface area contributed by atoms with Crippen molar-refractivity contribution in [2.24, 2.45) is 5.73 Å². The molecule has 0 bridgehead atoms. The second-order valence-corrected chi connectivity index (χ2v) is 7.21. The van der Waals surface area contributed by atoms with Crippen LogP contribution in [0, 0.1) is 0 Å². The molecule has 8 heteroatoms. The van der Waals surface area contributed by atoms with E-state index in [1.807, 2.05) is 0 Å². The Kier molecular flexibility index (Phi) is 7.91. The molecule has 148 valence electrons. The quantitative estimate of drug-likeness (QED) is 0.693. The zero-order valence-electron chi connectivity index (χ0n) is 15.4. The lowest BCUT2D eigenvalue weighted by Gasteiger charge is -2.31. The van der Waals surface area contributed by atoms with Gasteiger partial charge in [0.05, 0.1) is 12.5 Å². The van der Waals surface area contributed by atoms with E-state index in [-0.39, 0.29) is 25.0 Å². The Hall–Kier alpha value is -2.28. The van der Waals surface area contributed by atoms with Crippen LogP contribution in [0.15, 0.2) is 24.3 Å². The molecule has 7 nitrogen and oxygen atoms in total. The average Bonchev–Trinajstić information content (AvgIpc) is 2.66. The van der Waals surface area contributed by atoms with Crippen molar-refractivity contribution in [3.8, 4) is 0 Å². The number of urea groups is 1. The van der Waals surface area contributed by atoms with Crippen molar-refractivity contribution in [2.75, 3.05) is 13.7 Å². The number of carbonyl (C=O) groups excluding carboxylic acids is 3. The molecule has 0 saturated heterocycles. The van der Waals surface area contributed by atoms with Gasteiger partial charge in [-0.3, -0.25) is 9.59 Å². The van der Waals surface area contributed by atoms with Crippen molar-refractivity contribution in [3.63, 3.8) is 0 Å². The van der Waals surface area contributed by atoms with Crippen LogP contribution in [-0.2, 0) is 14.3 Å². The molecule has 1 fully saturated rings. The maximum Gasteiger partial charge on any atom is 0.312 e. The predicted molar refractivity (Wildman–Crippen MR) is 102 cm³/mol. The Morgan fingerprint density at radius 3 is 2.44 bits per heavy atom. The summed E-state index contributed by atoms with van der Waals surface area (Å²) in [6, 6.07) is 5.50. The van der Waals surface area contributed by atoms with Crippen LogP contribution in [0.3, 0.4) is 0 Å². The van der Waals surface area contributed by atoms with Crippen molar-refractivity contribution >= 4 is 29.5 Å². The number of halogens is 1. The lowest BCUT2D eigenvalue weighted by molar-refractivity contribution is -0.153. The second-order valence-electron chi connectivity index (χ2n) is 6.77. The highest BCUT2D eigenvalue weighted by Crippen LogP contribution is 2.22. The largest absolute Gasteiger partial charge is 0.455 e. The summed E-state index contributed by atoms with van der Waals surface area (Å²) >= 11 is 5.86. The number of nitrogens with two attached hydrogens (primary N) is 1. The van der Waals surface area contributed by atoms with Crippen LogP contribution in [0.4, 0.5) is 4.79 Å². The van der Waals surface area contributed by atoms with Crippen molar-refractivity contribution < 1.29 is 19.1 Å². The molecular weight excluding hydrogens is 370 g/mol. The van der Waals surface area contributed by atoms with Crippen molar-refractivity contribution in [2.45, 2.75) is 50.6 Å². The molecule has 1 unspecified atom stereocenters. The summed E-state index contributed by atoms with van der Waals surface area (Å²) in [7, 11) is 1.75. The molecule has 1 aliphatic carbocycles. The number of ether oxygens (including phenoxy) is 1. The van der Waals surface area contributed by atoms with Crippen LogP contribution >= 0.6 is 11.6 Å². The Morgan fingerprint density at radius 2 is 1.85 bits per heavy atom. The summed E-state index contributed by atoms with van der Waals surface area (Å²) in [6.07, 6.45) is 5.26. The van der Waals surface area contributed by atoms with E-state index in [1.165, 1.54) is 6.42 Å². The summed E-state index contributed by atoms with van der Waals surface area (Å²) in [5, 5.41) is 3.05. The van der Waals surface area contributed by atoms with E-state index >= 15 is 0 Å². The fraction of sp³-hybridized carbons (Fsp3) is 0.526. The minimum absolute atomic E-state index is 0.134. The number of likely N-dealkylation sites (N-methyl/N-ethyl adjacent to an activating group) is 1. The van der Waals surface area contributed by atoms with Gasteiger partial charge >= 0.3 is 12.0 Å². The SMILES string of the molecule is CN(C(=O)COC(=O)CC(NC(N)=O)c1ccc(Cl)cc1)C1CCCCC1. The van der Waals surface area contributed by atoms with Gasteiger partial charge in [0, 0.05) is 18.1 Å². The first-order chi connectivity index (χ1) is 12.9. The Balaban J connectivity index is 1.88. The molecule has 1 aromatic carbocycles. The number of esters is 1. The second kappa shape index (κ2) is 10.2. The maximum atomic E-state index is 12.3. The standard InChI is InChI=1S/C19H26ClN3O4/c1-23(15-5-3-2-4-6-15)17(24)12-27-18(25)11-16(22-19(21)26)13-7-9-14(20)10-8-13/h7-10,15-16H,2-6,11-12H2,1H3,(H3,21,22,26). The van der Waals surface area contributed by atoms with Gasteiger partial charge < -0.3 is 20.7 Å².